The van der Waals surface area contributed by atoms with Crippen molar-refractivity contribution in [3.05, 3.63) is 35.9 Å². The van der Waals surface area contributed by atoms with Crippen LogP contribution >= 0.6 is 0 Å². The zero-order valence-corrected chi connectivity index (χ0v) is 21.7. The van der Waals surface area contributed by atoms with Gasteiger partial charge in [-0.1, -0.05) is 0 Å². The first-order chi connectivity index (χ1) is 17.1. The lowest BCUT2D eigenvalue weighted by Gasteiger charge is -2.43. The van der Waals surface area contributed by atoms with Crippen LogP contribution in [0.3, 0.4) is 0 Å². The van der Waals surface area contributed by atoms with Gasteiger partial charge in [0.15, 0.2) is 0 Å². The van der Waals surface area contributed by atoms with E-state index in [2.05, 4.69) is 34.6 Å². The number of amides is 1. The molecule has 5 rings (SSSR count). The molecule has 190 valence electrons. The maximum absolute atomic E-state index is 12.6. The molecule has 2 fully saturated rings. The van der Waals surface area contributed by atoms with Crippen LogP contribution in [0.2, 0.25) is 0 Å². The maximum Gasteiger partial charge on any atom is 0.410 e. The van der Waals surface area contributed by atoms with Gasteiger partial charge in [-0.3, -0.25) is 9.58 Å². The number of hydrogen-bond acceptors (Lipinski definition) is 7. The molecule has 0 saturated carbocycles. The average Bonchev–Trinajstić information content (AvgIpc) is 3.48. The molecule has 0 spiro atoms. The quantitative estimate of drug-likeness (QED) is 0.549. The van der Waals surface area contributed by atoms with E-state index in [0.717, 1.165) is 36.3 Å². The molecule has 0 N–H and O–H groups in total. The van der Waals surface area contributed by atoms with Gasteiger partial charge in [-0.25, -0.2) is 9.31 Å². The Morgan fingerprint density at radius 3 is 2.58 bits per heavy atom. The molecule has 0 unspecified atom stereocenters. The summed E-state index contributed by atoms with van der Waals surface area (Å²) < 4.78 is 14.9. The molecule has 0 aliphatic carbocycles. The summed E-state index contributed by atoms with van der Waals surface area (Å²) in [6.45, 7) is 12.4. The van der Waals surface area contributed by atoms with Crippen LogP contribution in [0.25, 0.3) is 16.6 Å². The summed E-state index contributed by atoms with van der Waals surface area (Å²) >= 11 is 0. The maximum atomic E-state index is 12.6. The van der Waals surface area contributed by atoms with Crippen LogP contribution in [0.4, 0.5) is 4.79 Å². The van der Waals surface area contributed by atoms with E-state index in [9.17, 15) is 10.1 Å². The summed E-state index contributed by atoms with van der Waals surface area (Å²) in [6, 6.07) is 4.88. The average molecular weight is 492 g/mol. The van der Waals surface area contributed by atoms with Crippen molar-refractivity contribution >= 4 is 11.6 Å². The fraction of sp³-hybridized carbons (Fsp3) is 0.538. The number of ether oxygens (including phenoxy) is 2. The number of carbonyl (C=O) groups excluding carboxylic acids is 1. The number of likely N-dealkylation sites (tertiary alicyclic amines) is 2. The van der Waals surface area contributed by atoms with Crippen LogP contribution in [0.15, 0.2) is 24.7 Å². The Morgan fingerprint density at radius 1 is 1.17 bits per heavy atom. The zero-order chi connectivity index (χ0) is 25.8. The second-order valence-corrected chi connectivity index (χ2v) is 10.8. The highest BCUT2D eigenvalue weighted by atomic mass is 16.6. The van der Waals surface area contributed by atoms with Crippen molar-refractivity contribution in [1.82, 2.24) is 29.2 Å². The number of methoxy groups -OCH3 is 1. The first-order valence-corrected chi connectivity index (χ1v) is 12.3. The van der Waals surface area contributed by atoms with Gasteiger partial charge in [-0.15, -0.1) is 0 Å². The Hall–Kier alpha value is -3.58. The molecular weight excluding hydrogens is 458 g/mol. The topological polar surface area (TPSA) is 101 Å². The monoisotopic (exact) mass is 491 g/mol. The Balaban J connectivity index is 1.28. The minimum absolute atomic E-state index is 0.163. The third-order valence-electron chi connectivity index (χ3n) is 7.21. The van der Waals surface area contributed by atoms with Gasteiger partial charge in [0.05, 0.1) is 25.5 Å². The van der Waals surface area contributed by atoms with E-state index in [1.54, 1.807) is 17.8 Å². The number of nitrogens with zero attached hydrogens (tertiary/aromatic N) is 7. The van der Waals surface area contributed by atoms with E-state index in [1.807, 2.05) is 44.1 Å². The van der Waals surface area contributed by atoms with Crippen LogP contribution in [0, 0.1) is 18.3 Å². The molecule has 1 amide bonds. The van der Waals surface area contributed by atoms with Crippen molar-refractivity contribution in [2.75, 3.05) is 26.7 Å². The molecule has 0 aromatic carbocycles. The summed E-state index contributed by atoms with van der Waals surface area (Å²) in [5, 5.41) is 18.4. The molecule has 3 aromatic heterocycles. The SMILES string of the molecule is COc1cc(-c2cnn(C3CN([C@@H]4C[C@H](C)N(C(=O)OC(C)(C)C)C4)C3)c2C)cn2ncc(C#N)c12. The van der Waals surface area contributed by atoms with Gasteiger partial charge in [-0.05, 0) is 47.1 Å². The zero-order valence-electron chi connectivity index (χ0n) is 21.7. The number of pyridine rings is 1. The highest BCUT2D eigenvalue weighted by Crippen LogP contribution is 2.35. The van der Waals surface area contributed by atoms with E-state index >= 15 is 0 Å². The van der Waals surface area contributed by atoms with Gasteiger partial charge in [0, 0.05) is 54.7 Å². The van der Waals surface area contributed by atoms with Gasteiger partial charge in [0.1, 0.15) is 28.5 Å². The molecule has 2 saturated heterocycles. The minimum atomic E-state index is -0.490. The standard InChI is InChI=1S/C26H33N7O3/c1-16-7-20(15-31(16)25(34)36-26(3,4)5)30-13-21(14-30)33-17(2)22(11-29-33)18-8-23(35-6)24-19(9-27)10-28-32(24)12-18/h8,10-12,16,20-21H,7,13-15H2,1-6H3/t16-,20+/m0/s1. The number of carbonyl (C=O) groups is 1. The largest absolute Gasteiger partial charge is 0.494 e. The Bertz CT molecular complexity index is 1340. The van der Waals surface area contributed by atoms with Gasteiger partial charge >= 0.3 is 6.09 Å². The first-order valence-electron chi connectivity index (χ1n) is 12.3. The molecule has 36 heavy (non-hydrogen) atoms. The van der Waals surface area contributed by atoms with Crippen molar-refractivity contribution < 1.29 is 14.3 Å². The number of nitriles is 1. The number of hydrogen-bond donors (Lipinski definition) is 0. The molecule has 5 heterocycles. The van der Waals surface area contributed by atoms with E-state index in [1.165, 1.54) is 0 Å². The molecule has 0 radical (unpaired) electrons. The van der Waals surface area contributed by atoms with Crippen LogP contribution in [-0.2, 0) is 4.74 Å². The molecule has 2 aliphatic heterocycles. The predicted molar refractivity (Wildman–Crippen MR) is 134 cm³/mol. The summed E-state index contributed by atoms with van der Waals surface area (Å²) in [6.07, 6.45) is 6.06. The van der Waals surface area contributed by atoms with Gasteiger partial charge in [0.25, 0.3) is 0 Å². The van der Waals surface area contributed by atoms with Crippen molar-refractivity contribution in [1.29, 1.82) is 5.26 Å². The molecular formula is C26H33N7O3. The number of rotatable bonds is 4. The van der Waals surface area contributed by atoms with Crippen LogP contribution in [0.1, 0.15) is 51.4 Å². The molecule has 2 atom stereocenters. The molecule has 2 aliphatic rings. The first kappa shape index (κ1) is 24.1. The van der Waals surface area contributed by atoms with Crippen molar-refractivity contribution in [3.8, 4) is 22.9 Å². The Kier molecular flexibility index (Phi) is 5.91. The summed E-state index contributed by atoms with van der Waals surface area (Å²) in [7, 11) is 1.60. The normalized spacial score (nSPS) is 21.0. The molecule has 10 heteroatoms. The summed E-state index contributed by atoms with van der Waals surface area (Å²) in [5.74, 6) is 0.605. The number of fused-ring (bicyclic) bond motifs is 1. The minimum Gasteiger partial charge on any atom is -0.494 e. The lowest BCUT2D eigenvalue weighted by atomic mass is 10.0. The van der Waals surface area contributed by atoms with Gasteiger partial charge in [0.2, 0.25) is 0 Å². The summed E-state index contributed by atoms with van der Waals surface area (Å²) in [4.78, 5) is 16.9. The van der Waals surface area contributed by atoms with Crippen LogP contribution in [-0.4, -0.2) is 79.7 Å². The lowest BCUT2D eigenvalue weighted by molar-refractivity contribution is 0.0194. The molecule has 10 nitrogen and oxygen atoms in total. The summed E-state index contributed by atoms with van der Waals surface area (Å²) in [5.41, 5.74) is 3.67. The van der Waals surface area contributed by atoms with Gasteiger partial charge in [-0.2, -0.15) is 15.5 Å². The molecule has 3 aromatic rings. The second kappa shape index (κ2) is 8.82. The van der Waals surface area contributed by atoms with Crippen molar-refractivity contribution in [3.63, 3.8) is 0 Å². The van der Waals surface area contributed by atoms with Crippen molar-refractivity contribution in [2.45, 2.75) is 64.8 Å². The fourth-order valence-electron chi connectivity index (χ4n) is 5.33. The van der Waals surface area contributed by atoms with E-state index < -0.39 is 5.60 Å². The third kappa shape index (κ3) is 4.17. The van der Waals surface area contributed by atoms with Gasteiger partial charge < -0.3 is 14.4 Å². The smallest absolute Gasteiger partial charge is 0.410 e. The van der Waals surface area contributed by atoms with E-state index in [0.29, 0.717) is 29.4 Å². The van der Waals surface area contributed by atoms with E-state index in [-0.39, 0.29) is 18.2 Å². The number of aromatic nitrogens is 4. The second-order valence-electron chi connectivity index (χ2n) is 10.8. The fourth-order valence-corrected chi connectivity index (χ4v) is 5.33. The van der Waals surface area contributed by atoms with Crippen LogP contribution < -0.4 is 4.74 Å². The Morgan fingerprint density at radius 2 is 1.92 bits per heavy atom. The predicted octanol–water partition coefficient (Wildman–Crippen LogP) is 3.64. The highest BCUT2D eigenvalue weighted by molar-refractivity contribution is 5.76. The van der Waals surface area contributed by atoms with E-state index in [4.69, 9.17) is 14.6 Å². The highest BCUT2D eigenvalue weighted by Gasteiger charge is 2.42. The molecule has 0 bridgehead atoms. The lowest BCUT2D eigenvalue weighted by Crippen LogP contribution is -2.54. The Labute approximate surface area is 211 Å². The third-order valence-corrected chi connectivity index (χ3v) is 7.21. The van der Waals surface area contributed by atoms with Crippen molar-refractivity contribution in [2.24, 2.45) is 0 Å². The van der Waals surface area contributed by atoms with Crippen LogP contribution in [0.5, 0.6) is 5.75 Å².